The highest BCUT2D eigenvalue weighted by molar-refractivity contribution is 9.10. The number of ether oxygens (including phenoxy) is 1. The molecular formula is C19H15BrFNO3. The van der Waals surface area contributed by atoms with Gasteiger partial charge in [-0.05, 0) is 30.2 Å². The summed E-state index contributed by atoms with van der Waals surface area (Å²) in [5, 5.41) is 10.5. The molecule has 2 heterocycles. The summed E-state index contributed by atoms with van der Waals surface area (Å²) < 4.78 is 21.5. The Bertz CT molecular complexity index is 984. The average molecular weight is 404 g/mol. The van der Waals surface area contributed by atoms with Crippen molar-refractivity contribution in [2.24, 2.45) is 0 Å². The number of carboxylic acid groups (broad SMARTS) is 1. The topological polar surface area (TPSA) is 62.3 Å². The summed E-state index contributed by atoms with van der Waals surface area (Å²) in [6.07, 6.45) is 0.277. The number of H-pyrrole nitrogens is 1. The first kappa shape index (κ1) is 16.3. The SMILES string of the molecule is O=C(O)CC1(c2ccccc2F)OCCc2c1[nH]c1cccc(Br)c21. The average Bonchev–Trinajstić information content (AvgIpc) is 2.96. The van der Waals surface area contributed by atoms with Gasteiger partial charge in [0, 0.05) is 20.9 Å². The van der Waals surface area contributed by atoms with Crippen LogP contribution < -0.4 is 0 Å². The number of carbonyl (C=O) groups is 1. The minimum absolute atomic E-state index is 0.237. The van der Waals surface area contributed by atoms with Gasteiger partial charge < -0.3 is 14.8 Å². The van der Waals surface area contributed by atoms with E-state index in [4.69, 9.17) is 4.74 Å². The molecule has 0 fully saturated rings. The number of carboxylic acids is 1. The van der Waals surface area contributed by atoms with Crippen LogP contribution in [0.4, 0.5) is 4.39 Å². The summed E-state index contributed by atoms with van der Waals surface area (Å²) in [6.45, 7) is 0.322. The number of rotatable bonds is 3. The number of nitrogens with one attached hydrogen (secondary N) is 1. The Kier molecular flexibility index (Phi) is 3.89. The van der Waals surface area contributed by atoms with Gasteiger partial charge in [-0.3, -0.25) is 4.79 Å². The molecule has 0 spiro atoms. The van der Waals surface area contributed by atoms with E-state index in [-0.39, 0.29) is 12.0 Å². The molecule has 1 aromatic heterocycles. The van der Waals surface area contributed by atoms with Crippen molar-refractivity contribution < 1.29 is 19.0 Å². The van der Waals surface area contributed by atoms with Crippen LogP contribution in [-0.2, 0) is 21.6 Å². The fourth-order valence-corrected chi connectivity index (χ4v) is 4.32. The largest absolute Gasteiger partial charge is 0.481 e. The number of aliphatic carboxylic acids is 1. The molecule has 0 aliphatic carbocycles. The summed E-state index contributed by atoms with van der Waals surface area (Å²) in [5.41, 5.74) is 1.33. The molecule has 1 aliphatic heterocycles. The Morgan fingerprint density at radius 3 is 2.84 bits per heavy atom. The smallest absolute Gasteiger partial charge is 0.307 e. The number of hydrogen-bond acceptors (Lipinski definition) is 2. The highest BCUT2D eigenvalue weighted by Crippen LogP contribution is 2.45. The molecule has 25 heavy (non-hydrogen) atoms. The van der Waals surface area contributed by atoms with E-state index in [9.17, 15) is 14.3 Å². The Hall–Kier alpha value is -2.18. The number of benzene rings is 2. The van der Waals surface area contributed by atoms with Crippen LogP contribution >= 0.6 is 15.9 Å². The molecule has 3 aromatic rings. The van der Waals surface area contributed by atoms with Crippen molar-refractivity contribution in [2.75, 3.05) is 6.61 Å². The van der Waals surface area contributed by atoms with Gasteiger partial charge in [-0.1, -0.05) is 40.2 Å². The molecule has 0 radical (unpaired) electrons. The van der Waals surface area contributed by atoms with Crippen LogP contribution in [0, 0.1) is 5.82 Å². The molecule has 2 N–H and O–H groups in total. The van der Waals surface area contributed by atoms with Gasteiger partial charge in [0.15, 0.2) is 0 Å². The maximum absolute atomic E-state index is 14.6. The van der Waals surface area contributed by atoms with Crippen molar-refractivity contribution in [3.8, 4) is 0 Å². The Labute approximate surface area is 151 Å². The van der Waals surface area contributed by atoms with Gasteiger partial charge in [-0.15, -0.1) is 0 Å². The zero-order valence-corrected chi connectivity index (χ0v) is 14.8. The summed E-state index contributed by atoms with van der Waals surface area (Å²) in [6, 6.07) is 12.0. The number of aromatic amines is 1. The molecule has 1 unspecified atom stereocenters. The fraction of sp³-hybridized carbons (Fsp3) is 0.211. The number of hydrogen-bond donors (Lipinski definition) is 2. The van der Waals surface area contributed by atoms with E-state index in [0.717, 1.165) is 20.9 Å². The summed E-state index contributed by atoms with van der Waals surface area (Å²) in [5.74, 6) is -1.52. The van der Waals surface area contributed by atoms with Crippen molar-refractivity contribution in [1.29, 1.82) is 0 Å². The van der Waals surface area contributed by atoms with Gasteiger partial charge >= 0.3 is 5.97 Å². The second kappa shape index (κ2) is 5.97. The van der Waals surface area contributed by atoms with E-state index < -0.39 is 17.4 Å². The lowest BCUT2D eigenvalue weighted by molar-refractivity contribution is -0.145. The zero-order valence-electron chi connectivity index (χ0n) is 13.2. The van der Waals surface area contributed by atoms with Crippen LogP contribution in [-0.4, -0.2) is 22.7 Å². The summed E-state index contributed by atoms with van der Waals surface area (Å²) in [7, 11) is 0. The first-order chi connectivity index (χ1) is 12.0. The molecular weight excluding hydrogens is 389 g/mol. The van der Waals surface area contributed by atoms with Gasteiger partial charge in [-0.25, -0.2) is 4.39 Å². The standard InChI is InChI=1S/C19H15BrFNO3/c20-13-5-3-7-15-17(13)11-8-9-25-19(10-16(23)24,18(11)22-15)12-4-1-2-6-14(12)21/h1-7,22H,8-10H2,(H,23,24). The predicted octanol–water partition coefficient (Wildman–Crippen LogP) is 4.36. The first-order valence-electron chi connectivity index (χ1n) is 7.93. The van der Waals surface area contributed by atoms with E-state index in [1.807, 2.05) is 18.2 Å². The van der Waals surface area contributed by atoms with E-state index in [2.05, 4.69) is 20.9 Å². The third kappa shape index (κ3) is 2.48. The number of aromatic nitrogens is 1. The maximum Gasteiger partial charge on any atom is 0.307 e. The van der Waals surface area contributed by atoms with Crippen molar-refractivity contribution in [3.05, 3.63) is 69.6 Å². The van der Waals surface area contributed by atoms with Crippen molar-refractivity contribution in [1.82, 2.24) is 4.98 Å². The lowest BCUT2D eigenvalue weighted by atomic mass is 9.82. The van der Waals surface area contributed by atoms with Crippen LogP contribution in [0.15, 0.2) is 46.9 Å². The van der Waals surface area contributed by atoms with Crippen molar-refractivity contribution in [2.45, 2.75) is 18.4 Å². The zero-order chi connectivity index (χ0) is 17.6. The lowest BCUT2D eigenvalue weighted by Gasteiger charge is -2.37. The van der Waals surface area contributed by atoms with E-state index in [0.29, 0.717) is 18.7 Å². The molecule has 1 aliphatic rings. The molecule has 4 rings (SSSR count). The van der Waals surface area contributed by atoms with Gasteiger partial charge in [0.05, 0.1) is 18.7 Å². The van der Waals surface area contributed by atoms with Crippen LogP contribution in [0.2, 0.25) is 0 Å². The van der Waals surface area contributed by atoms with Gasteiger partial charge in [-0.2, -0.15) is 0 Å². The second-order valence-corrected chi connectivity index (χ2v) is 6.97. The Morgan fingerprint density at radius 2 is 2.08 bits per heavy atom. The minimum Gasteiger partial charge on any atom is -0.481 e. The van der Waals surface area contributed by atoms with Crippen molar-refractivity contribution >= 4 is 32.8 Å². The Balaban J connectivity index is 2.05. The molecule has 0 saturated carbocycles. The molecule has 4 nitrogen and oxygen atoms in total. The molecule has 6 heteroatoms. The summed E-state index contributed by atoms with van der Waals surface area (Å²) in [4.78, 5) is 14.9. The van der Waals surface area contributed by atoms with Crippen LogP contribution in [0.25, 0.3) is 10.9 Å². The quantitative estimate of drug-likeness (QED) is 0.682. The van der Waals surface area contributed by atoms with E-state index in [1.54, 1.807) is 18.2 Å². The molecule has 1 atom stereocenters. The number of halogens is 2. The lowest BCUT2D eigenvalue weighted by Crippen LogP contribution is -2.39. The van der Waals surface area contributed by atoms with Gasteiger partial charge in [0.2, 0.25) is 0 Å². The molecule has 2 aromatic carbocycles. The van der Waals surface area contributed by atoms with Crippen LogP contribution in [0.3, 0.4) is 0 Å². The van der Waals surface area contributed by atoms with Crippen molar-refractivity contribution in [3.63, 3.8) is 0 Å². The third-order valence-electron chi connectivity index (χ3n) is 4.69. The highest BCUT2D eigenvalue weighted by atomic mass is 79.9. The van der Waals surface area contributed by atoms with Crippen LogP contribution in [0.5, 0.6) is 0 Å². The Morgan fingerprint density at radius 1 is 1.28 bits per heavy atom. The molecule has 128 valence electrons. The van der Waals surface area contributed by atoms with Gasteiger partial charge in [0.25, 0.3) is 0 Å². The third-order valence-corrected chi connectivity index (χ3v) is 5.35. The second-order valence-electron chi connectivity index (χ2n) is 6.12. The molecule has 0 amide bonds. The van der Waals surface area contributed by atoms with E-state index >= 15 is 0 Å². The predicted molar refractivity (Wildman–Crippen MR) is 95.1 cm³/mol. The van der Waals surface area contributed by atoms with E-state index in [1.165, 1.54) is 6.07 Å². The van der Waals surface area contributed by atoms with Gasteiger partial charge in [0.1, 0.15) is 11.4 Å². The number of fused-ring (bicyclic) bond motifs is 3. The first-order valence-corrected chi connectivity index (χ1v) is 8.72. The minimum atomic E-state index is -1.37. The summed E-state index contributed by atoms with van der Waals surface area (Å²) >= 11 is 3.56. The fourth-order valence-electron chi connectivity index (χ4n) is 3.71. The van der Waals surface area contributed by atoms with Crippen LogP contribution in [0.1, 0.15) is 23.2 Å². The normalized spacial score (nSPS) is 19.8. The maximum atomic E-state index is 14.6. The monoisotopic (exact) mass is 403 g/mol. The molecule has 0 bridgehead atoms. The highest BCUT2D eigenvalue weighted by Gasteiger charge is 2.45. The molecule has 0 saturated heterocycles.